The van der Waals surface area contributed by atoms with Crippen molar-refractivity contribution < 1.29 is 22.8 Å². The number of nitrogens with one attached hydrogen (secondary N) is 1. The Labute approximate surface area is 168 Å². The topological polar surface area (TPSA) is 93.9 Å². The van der Waals surface area contributed by atoms with Gasteiger partial charge < -0.3 is 9.64 Å². The quantitative estimate of drug-likeness (QED) is 0.670. The number of hydrogen-bond acceptors (Lipinski definition) is 7. The maximum atomic E-state index is 13.0. The first-order valence-electron chi connectivity index (χ1n) is 9.77. The van der Waals surface area contributed by atoms with Gasteiger partial charge in [0.25, 0.3) is 0 Å². The summed E-state index contributed by atoms with van der Waals surface area (Å²) < 4.78 is 41.2. The zero-order chi connectivity index (χ0) is 19.6. The lowest BCUT2D eigenvalue weighted by Crippen LogP contribution is -3.10. The number of carbonyl (C=O) groups is 1. The second-order valence-corrected chi connectivity index (χ2v) is 9.88. The third-order valence-electron chi connectivity index (χ3n) is 5.66. The summed E-state index contributed by atoms with van der Waals surface area (Å²) in [6.45, 7) is 4.27. The Hall–Kier alpha value is -1.62. The molecule has 0 bridgehead atoms. The third-order valence-corrected chi connectivity index (χ3v) is 8.14. The van der Waals surface area contributed by atoms with Crippen LogP contribution in [0.15, 0.2) is 23.1 Å². The lowest BCUT2D eigenvalue weighted by atomic mass is 9.98. The van der Waals surface area contributed by atoms with Gasteiger partial charge in [-0.25, -0.2) is 8.42 Å². The van der Waals surface area contributed by atoms with Gasteiger partial charge in [-0.05, 0) is 25.0 Å². The molecule has 0 radical (unpaired) electrons. The number of sulfonamides is 1. The molecule has 0 aliphatic carbocycles. The lowest BCUT2D eigenvalue weighted by molar-refractivity contribution is -0.887. The van der Waals surface area contributed by atoms with Crippen molar-refractivity contribution in [1.82, 2.24) is 13.1 Å². The first-order valence-corrected chi connectivity index (χ1v) is 11.9. The number of quaternary nitrogens is 1. The van der Waals surface area contributed by atoms with Gasteiger partial charge in [0, 0.05) is 25.9 Å². The average Bonchev–Trinajstić information content (AvgIpc) is 3.39. The van der Waals surface area contributed by atoms with Crippen LogP contribution < -0.4 is 4.90 Å². The second-order valence-electron chi connectivity index (χ2n) is 7.44. The minimum absolute atomic E-state index is 0.188. The molecule has 0 atom stereocenters. The van der Waals surface area contributed by atoms with E-state index in [0.717, 1.165) is 31.4 Å². The van der Waals surface area contributed by atoms with E-state index >= 15 is 0 Å². The van der Waals surface area contributed by atoms with Crippen molar-refractivity contribution in [3.05, 3.63) is 18.2 Å². The lowest BCUT2D eigenvalue weighted by Gasteiger charge is -2.30. The van der Waals surface area contributed by atoms with Crippen LogP contribution >= 0.6 is 11.7 Å². The molecule has 4 rings (SSSR count). The Morgan fingerprint density at radius 3 is 2.71 bits per heavy atom. The summed E-state index contributed by atoms with van der Waals surface area (Å²) in [4.78, 5) is 14.0. The van der Waals surface area contributed by atoms with Crippen molar-refractivity contribution >= 4 is 38.8 Å². The Balaban J connectivity index is 1.33. The van der Waals surface area contributed by atoms with E-state index in [4.69, 9.17) is 4.74 Å². The van der Waals surface area contributed by atoms with Gasteiger partial charge >= 0.3 is 5.97 Å². The summed E-state index contributed by atoms with van der Waals surface area (Å²) in [7, 11) is -3.65. The Bertz CT molecular complexity index is 932. The minimum Gasteiger partial charge on any atom is -0.459 e. The molecular weight excluding hydrogens is 400 g/mol. The Kier molecular flexibility index (Phi) is 5.91. The highest BCUT2D eigenvalue weighted by Gasteiger charge is 2.34. The van der Waals surface area contributed by atoms with E-state index in [2.05, 4.69) is 8.75 Å². The number of aromatic nitrogens is 2. The van der Waals surface area contributed by atoms with Gasteiger partial charge in [-0.2, -0.15) is 13.1 Å². The van der Waals surface area contributed by atoms with Gasteiger partial charge in [0.15, 0.2) is 0 Å². The molecule has 3 heterocycles. The normalized spacial score (nSPS) is 20.0. The van der Waals surface area contributed by atoms with Crippen molar-refractivity contribution in [2.45, 2.75) is 30.6 Å². The number of rotatable bonds is 6. The number of nitrogens with zero attached hydrogens (tertiary/aromatic N) is 3. The highest BCUT2D eigenvalue weighted by atomic mass is 32.2. The zero-order valence-corrected chi connectivity index (χ0v) is 17.3. The van der Waals surface area contributed by atoms with Gasteiger partial charge in [-0.3, -0.25) is 4.79 Å². The Morgan fingerprint density at radius 1 is 1.21 bits per heavy atom. The van der Waals surface area contributed by atoms with E-state index < -0.39 is 10.0 Å². The number of ether oxygens (including phenoxy) is 1. The molecule has 0 amide bonds. The maximum absolute atomic E-state index is 13.0. The molecule has 2 aromatic rings. The van der Waals surface area contributed by atoms with Crippen molar-refractivity contribution in [2.75, 3.05) is 39.3 Å². The molecule has 1 aromatic carbocycles. The molecule has 28 heavy (non-hydrogen) atoms. The summed E-state index contributed by atoms with van der Waals surface area (Å²) >= 11 is 1.00. The highest BCUT2D eigenvalue weighted by molar-refractivity contribution is 7.89. The van der Waals surface area contributed by atoms with E-state index in [1.807, 2.05) is 0 Å². The maximum Gasteiger partial charge on any atom is 0.309 e. The van der Waals surface area contributed by atoms with Gasteiger partial charge in [0.1, 0.15) is 29.1 Å². The van der Waals surface area contributed by atoms with E-state index in [-0.39, 0.29) is 16.8 Å². The van der Waals surface area contributed by atoms with Gasteiger partial charge in [-0.1, -0.05) is 6.07 Å². The fourth-order valence-electron chi connectivity index (χ4n) is 4.00. The number of fused-ring (bicyclic) bond motifs is 1. The van der Waals surface area contributed by atoms with Crippen LogP contribution in [0.4, 0.5) is 0 Å². The van der Waals surface area contributed by atoms with Crippen LogP contribution in [0.5, 0.6) is 0 Å². The Morgan fingerprint density at radius 2 is 1.96 bits per heavy atom. The van der Waals surface area contributed by atoms with Crippen molar-refractivity contribution in [3.63, 3.8) is 0 Å². The molecule has 10 heteroatoms. The first kappa shape index (κ1) is 19.7. The number of piperidine rings is 1. The molecule has 0 spiro atoms. The minimum atomic E-state index is -3.65. The summed E-state index contributed by atoms with van der Waals surface area (Å²) in [5.41, 5.74) is 1.00. The monoisotopic (exact) mass is 425 g/mol. The van der Waals surface area contributed by atoms with Crippen LogP contribution in [0.3, 0.4) is 0 Å². The summed E-state index contributed by atoms with van der Waals surface area (Å²) in [5, 5.41) is 0. The van der Waals surface area contributed by atoms with E-state index in [1.54, 1.807) is 18.2 Å². The molecule has 2 aliphatic heterocycles. The van der Waals surface area contributed by atoms with E-state index in [0.29, 0.717) is 43.6 Å². The summed E-state index contributed by atoms with van der Waals surface area (Å²) in [5.74, 6) is -0.418. The molecule has 1 N–H and O–H groups in total. The molecule has 2 aliphatic rings. The van der Waals surface area contributed by atoms with E-state index in [1.165, 1.54) is 22.0 Å². The molecule has 0 unspecified atom stereocenters. The fourth-order valence-corrected chi connectivity index (χ4v) is 6.22. The molecule has 2 fully saturated rings. The number of esters is 1. The second kappa shape index (κ2) is 8.40. The number of hydrogen-bond donors (Lipinski definition) is 1. The molecular formula is C18H25N4O4S2+. The fraction of sp³-hybridized carbons (Fsp3) is 0.611. The average molecular weight is 426 g/mol. The van der Waals surface area contributed by atoms with Gasteiger partial charge in [0.05, 0.1) is 30.7 Å². The first-order chi connectivity index (χ1) is 13.6. The molecule has 152 valence electrons. The number of carbonyl (C=O) groups excluding carboxylic acids is 1. The largest absolute Gasteiger partial charge is 0.459 e. The predicted molar refractivity (Wildman–Crippen MR) is 105 cm³/mol. The molecule has 1 aromatic heterocycles. The van der Waals surface area contributed by atoms with Gasteiger partial charge in [0.2, 0.25) is 10.0 Å². The SMILES string of the molecule is O=C(OCC[NH+]1CCCC1)C1CCN(S(=O)(=O)c2cccc3nsnc23)CC1. The highest BCUT2D eigenvalue weighted by Crippen LogP contribution is 2.28. The summed E-state index contributed by atoms with van der Waals surface area (Å²) in [6.07, 6.45) is 3.47. The van der Waals surface area contributed by atoms with Crippen LogP contribution in [-0.4, -0.2) is 66.8 Å². The zero-order valence-electron chi connectivity index (χ0n) is 15.7. The number of benzene rings is 1. The van der Waals surface area contributed by atoms with Crippen molar-refractivity contribution in [3.8, 4) is 0 Å². The molecule has 0 saturated carbocycles. The van der Waals surface area contributed by atoms with Gasteiger partial charge in [-0.15, -0.1) is 0 Å². The van der Waals surface area contributed by atoms with Crippen LogP contribution in [-0.2, 0) is 19.6 Å². The molecule has 2 saturated heterocycles. The van der Waals surface area contributed by atoms with E-state index in [9.17, 15) is 13.2 Å². The third kappa shape index (κ3) is 4.05. The van der Waals surface area contributed by atoms with Crippen LogP contribution in [0.1, 0.15) is 25.7 Å². The smallest absolute Gasteiger partial charge is 0.309 e. The van der Waals surface area contributed by atoms with Crippen LogP contribution in [0.2, 0.25) is 0 Å². The molecule has 8 nitrogen and oxygen atoms in total. The van der Waals surface area contributed by atoms with Crippen LogP contribution in [0.25, 0.3) is 11.0 Å². The standard InChI is InChI=1S/C18H24N4O4S2/c23-18(26-13-12-21-8-1-2-9-21)14-6-10-22(11-7-14)28(24,25)16-5-3-4-15-17(16)20-27-19-15/h3-5,14H,1-2,6-13H2/p+1. The summed E-state index contributed by atoms with van der Waals surface area (Å²) in [6, 6.07) is 5.01. The predicted octanol–water partition coefficient (Wildman–Crippen LogP) is 0.314. The van der Waals surface area contributed by atoms with Crippen LogP contribution in [0, 0.1) is 5.92 Å². The number of likely N-dealkylation sites (tertiary alicyclic amines) is 1. The van der Waals surface area contributed by atoms with Crippen molar-refractivity contribution in [2.24, 2.45) is 5.92 Å². The van der Waals surface area contributed by atoms with Crippen molar-refractivity contribution in [1.29, 1.82) is 0 Å².